The van der Waals surface area contributed by atoms with E-state index in [-0.39, 0.29) is 11.1 Å². The summed E-state index contributed by atoms with van der Waals surface area (Å²) in [5.74, 6) is -1.98. The average molecular weight is 303 g/mol. The predicted octanol–water partition coefficient (Wildman–Crippen LogP) is 4.54. The summed E-state index contributed by atoms with van der Waals surface area (Å²) in [5.41, 5.74) is 1.11. The highest BCUT2D eigenvalue weighted by atomic mass is 19.1. The van der Waals surface area contributed by atoms with Crippen LogP contribution < -0.4 is 4.90 Å². The zero-order valence-corrected chi connectivity index (χ0v) is 13.2. The number of anilines is 1. The Hall–Kier alpha value is -2.23. The number of amides is 1. The van der Waals surface area contributed by atoms with Crippen LogP contribution in [-0.4, -0.2) is 13.0 Å². The monoisotopic (exact) mass is 303 g/mol. The Balaban J connectivity index is 2.32. The molecular formula is C18H19F2NO. The highest BCUT2D eigenvalue weighted by molar-refractivity contribution is 6.05. The van der Waals surface area contributed by atoms with Crippen LogP contribution in [0.25, 0.3) is 0 Å². The van der Waals surface area contributed by atoms with Gasteiger partial charge < -0.3 is 4.90 Å². The molecule has 1 amide bonds. The summed E-state index contributed by atoms with van der Waals surface area (Å²) >= 11 is 0. The molecule has 116 valence electrons. The zero-order chi connectivity index (χ0) is 16.5. The van der Waals surface area contributed by atoms with Gasteiger partial charge in [0.2, 0.25) is 0 Å². The third-order valence-corrected chi connectivity index (χ3v) is 3.58. The molecule has 0 fully saturated rings. The van der Waals surface area contributed by atoms with E-state index in [0.29, 0.717) is 5.56 Å². The lowest BCUT2D eigenvalue weighted by molar-refractivity contribution is 0.0991. The molecule has 0 aromatic heterocycles. The molecule has 0 aliphatic carbocycles. The number of para-hydroxylation sites is 1. The summed E-state index contributed by atoms with van der Waals surface area (Å²) in [6, 6.07) is 10.6. The molecule has 2 rings (SSSR count). The van der Waals surface area contributed by atoms with Gasteiger partial charge in [-0.05, 0) is 35.2 Å². The number of halogens is 2. The summed E-state index contributed by atoms with van der Waals surface area (Å²) in [6.45, 7) is 6.22. The lowest BCUT2D eigenvalue weighted by atomic mass is 9.86. The normalized spacial score (nSPS) is 11.4. The van der Waals surface area contributed by atoms with Gasteiger partial charge in [-0.2, -0.15) is 0 Å². The first-order valence-corrected chi connectivity index (χ1v) is 7.04. The highest BCUT2D eigenvalue weighted by Gasteiger charge is 2.21. The summed E-state index contributed by atoms with van der Waals surface area (Å²) in [4.78, 5) is 13.4. The number of carbonyl (C=O) groups excluding carboxylic acids is 1. The van der Waals surface area contributed by atoms with Gasteiger partial charge in [0.05, 0.1) is 0 Å². The van der Waals surface area contributed by atoms with Gasteiger partial charge in [0.15, 0.2) is 0 Å². The first-order valence-electron chi connectivity index (χ1n) is 7.04. The van der Waals surface area contributed by atoms with Crippen molar-refractivity contribution in [1.29, 1.82) is 0 Å². The largest absolute Gasteiger partial charge is 0.306 e. The van der Waals surface area contributed by atoms with E-state index in [9.17, 15) is 13.6 Å². The molecule has 22 heavy (non-hydrogen) atoms. The fourth-order valence-corrected chi connectivity index (χ4v) is 2.22. The molecule has 0 saturated carbocycles. The van der Waals surface area contributed by atoms with Crippen LogP contribution in [0.15, 0.2) is 42.5 Å². The van der Waals surface area contributed by atoms with Crippen LogP contribution >= 0.6 is 0 Å². The Bertz CT molecular complexity index is 667. The van der Waals surface area contributed by atoms with E-state index < -0.39 is 17.5 Å². The predicted molar refractivity (Wildman–Crippen MR) is 84.2 cm³/mol. The number of nitrogens with zero attached hydrogens (tertiary/aromatic N) is 1. The van der Waals surface area contributed by atoms with Crippen LogP contribution in [0.3, 0.4) is 0 Å². The Labute approximate surface area is 129 Å². The lowest BCUT2D eigenvalue weighted by Crippen LogP contribution is -2.28. The molecule has 2 aromatic rings. The molecule has 0 aliphatic heterocycles. The van der Waals surface area contributed by atoms with Crippen molar-refractivity contribution >= 4 is 11.6 Å². The number of rotatable bonds is 2. The van der Waals surface area contributed by atoms with E-state index in [1.165, 1.54) is 13.1 Å². The smallest absolute Gasteiger partial charge is 0.258 e. The molecule has 0 aliphatic rings. The number of carbonyl (C=O) groups is 1. The van der Waals surface area contributed by atoms with Gasteiger partial charge in [0.25, 0.3) is 5.91 Å². The molecule has 0 spiro atoms. The van der Waals surface area contributed by atoms with Crippen LogP contribution in [0.2, 0.25) is 0 Å². The van der Waals surface area contributed by atoms with E-state index in [2.05, 4.69) is 20.8 Å². The number of hydrogen-bond acceptors (Lipinski definition) is 1. The molecule has 0 radical (unpaired) electrons. The van der Waals surface area contributed by atoms with E-state index in [1.807, 2.05) is 12.1 Å². The van der Waals surface area contributed by atoms with Crippen LogP contribution in [0.5, 0.6) is 0 Å². The fraction of sp³-hybridized carbons (Fsp3) is 0.278. The van der Waals surface area contributed by atoms with Crippen molar-refractivity contribution in [2.24, 2.45) is 0 Å². The Morgan fingerprint density at radius 3 is 1.91 bits per heavy atom. The second-order valence-corrected chi connectivity index (χ2v) is 6.26. The maximum Gasteiger partial charge on any atom is 0.258 e. The molecule has 0 unspecified atom stereocenters. The van der Waals surface area contributed by atoms with Crippen molar-refractivity contribution in [1.82, 2.24) is 0 Å². The first-order chi connectivity index (χ1) is 10.2. The highest BCUT2D eigenvalue weighted by Crippen LogP contribution is 2.25. The summed E-state index contributed by atoms with van der Waals surface area (Å²) in [7, 11) is 1.36. The van der Waals surface area contributed by atoms with Gasteiger partial charge in [0.1, 0.15) is 17.3 Å². The van der Waals surface area contributed by atoms with Crippen molar-refractivity contribution in [2.45, 2.75) is 26.2 Å². The van der Waals surface area contributed by atoms with Gasteiger partial charge in [0, 0.05) is 12.6 Å². The van der Waals surface area contributed by atoms with E-state index in [1.54, 1.807) is 12.1 Å². The van der Waals surface area contributed by atoms with Crippen molar-refractivity contribution in [3.8, 4) is 0 Å². The number of hydrogen-bond donors (Lipinski definition) is 0. The van der Waals surface area contributed by atoms with Crippen molar-refractivity contribution in [3.63, 3.8) is 0 Å². The minimum Gasteiger partial charge on any atom is -0.306 e. The lowest BCUT2D eigenvalue weighted by Gasteiger charge is -2.21. The minimum absolute atomic E-state index is 0.0227. The second kappa shape index (κ2) is 5.87. The molecule has 2 aromatic carbocycles. The third-order valence-electron chi connectivity index (χ3n) is 3.58. The van der Waals surface area contributed by atoms with Gasteiger partial charge >= 0.3 is 0 Å². The van der Waals surface area contributed by atoms with Crippen LogP contribution in [0.1, 0.15) is 36.7 Å². The summed E-state index contributed by atoms with van der Waals surface area (Å²) in [5, 5.41) is 0. The third kappa shape index (κ3) is 3.16. The van der Waals surface area contributed by atoms with Gasteiger partial charge in [-0.15, -0.1) is 0 Å². The molecule has 4 heteroatoms. The zero-order valence-electron chi connectivity index (χ0n) is 13.2. The molecular weight excluding hydrogens is 284 g/mol. The molecule has 0 N–H and O–H groups in total. The Morgan fingerprint density at radius 1 is 0.955 bits per heavy atom. The molecule has 0 bridgehead atoms. The van der Waals surface area contributed by atoms with E-state index in [4.69, 9.17) is 0 Å². The average Bonchev–Trinajstić information content (AvgIpc) is 2.45. The first kappa shape index (κ1) is 16.1. The quantitative estimate of drug-likeness (QED) is 0.797. The summed E-state index contributed by atoms with van der Waals surface area (Å²) < 4.78 is 27.5. The summed E-state index contributed by atoms with van der Waals surface area (Å²) in [6.07, 6.45) is 0. The Morgan fingerprint density at radius 2 is 1.45 bits per heavy atom. The van der Waals surface area contributed by atoms with E-state index in [0.717, 1.165) is 22.6 Å². The topological polar surface area (TPSA) is 20.3 Å². The van der Waals surface area contributed by atoms with E-state index >= 15 is 0 Å². The van der Waals surface area contributed by atoms with Crippen LogP contribution in [-0.2, 0) is 5.41 Å². The molecule has 0 heterocycles. The standard InChI is InChI=1S/C18H19F2NO/c1-18(2,3)13-10-8-12(9-11-13)17(22)21(4)16-14(19)6-5-7-15(16)20/h5-11H,1-4H3. The van der Waals surface area contributed by atoms with Crippen LogP contribution in [0.4, 0.5) is 14.5 Å². The van der Waals surface area contributed by atoms with Crippen LogP contribution in [0, 0.1) is 11.6 Å². The fourth-order valence-electron chi connectivity index (χ4n) is 2.22. The minimum atomic E-state index is -0.762. The van der Waals surface area contributed by atoms with Crippen molar-refractivity contribution in [2.75, 3.05) is 11.9 Å². The van der Waals surface area contributed by atoms with Gasteiger partial charge in [-0.1, -0.05) is 39.0 Å². The molecule has 2 nitrogen and oxygen atoms in total. The maximum atomic E-state index is 13.8. The van der Waals surface area contributed by atoms with Crippen molar-refractivity contribution < 1.29 is 13.6 Å². The van der Waals surface area contributed by atoms with Gasteiger partial charge in [-0.3, -0.25) is 4.79 Å². The Kier molecular flexibility index (Phi) is 4.31. The molecule has 0 saturated heterocycles. The second-order valence-electron chi connectivity index (χ2n) is 6.26. The van der Waals surface area contributed by atoms with Crippen molar-refractivity contribution in [3.05, 3.63) is 65.2 Å². The van der Waals surface area contributed by atoms with Gasteiger partial charge in [-0.25, -0.2) is 8.78 Å². The number of benzene rings is 2. The maximum absolute atomic E-state index is 13.8. The SMILES string of the molecule is CN(C(=O)c1ccc(C(C)(C)C)cc1)c1c(F)cccc1F. The molecule has 0 atom stereocenters.